The Hall–Kier alpha value is -3.79. The zero-order chi connectivity index (χ0) is 27.5. The molecule has 0 spiro atoms. The Kier molecular flexibility index (Phi) is 7.92. The SMILES string of the molecule is COc1cc(-c2cn(C)c(=O)c3cnccc23)cc(OC)c1OC1CCN(CC2CCN(C(=O)O)CC2)CC1. The number of fused-ring (bicyclic) bond motifs is 1. The molecule has 1 amide bonds. The minimum absolute atomic E-state index is 0.0354. The number of aryl methyl sites for hydroxylation is 1. The van der Waals surface area contributed by atoms with E-state index in [1.54, 1.807) is 38.2 Å². The molecule has 2 aromatic heterocycles. The topological polar surface area (TPSA) is 106 Å². The van der Waals surface area contributed by atoms with Crippen LogP contribution in [0.1, 0.15) is 25.7 Å². The van der Waals surface area contributed by atoms with E-state index in [1.807, 2.05) is 24.4 Å². The number of nitrogens with zero attached hydrogens (tertiary/aromatic N) is 4. The van der Waals surface area contributed by atoms with E-state index in [0.717, 1.165) is 61.8 Å². The summed E-state index contributed by atoms with van der Waals surface area (Å²) in [7, 11) is 4.97. The molecule has 2 aliphatic heterocycles. The fourth-order valence-electron chi connectivity index (χ4n) is 5.74. The summed E-state index contributed by atoms with van der Waals surface area (Å²) in [6.45, 7) is 4.13. The molecule has 1 aromatic carbocycles. The van der Waals surface area contributed by atoms with Gasteiger partial charge < -0.3 is 33.7 Å². The molecule has 10 nitrogen and oxygen atoms in total. The molecule has 1 N–H and O–H groups in total. The Bertz CT molecular complexity index is 1370. The maximum absolute atomic E-state index is 12.6. The molecule has 0 saturated carbocycles. The van der Waals surface area contributed by atoms with Gasteiger partial charge in [0.25, 0.3) is 5.56 Å². The molecule has 10 heteroatoms. The van der Waals surface area contributed by atoms with Gasteiger partial charge >= 0.3 is 6.09 Å². The number of carboxylic acid groups (broad SMARTS) is 1. The predicted octanol–water partition coefficient (Wildman–Crippen LogP) is 3.85. The van der Waals surface area contributed by atoms with Crippen molar-refractivity contribution in [2.24, 2.45) is 13.0 Å². The van der Waals surface area contributed by atoms with Crippen LogP contribution < -0.4 is 19.8 Å². The lowest BCUT2D eigenvalue weighted by Gasteiger charge is -2.37. The average Bonchev–Trinajstić information content (AvgIpc) is 2.96. The number of hydrogen-bond acceptors (Lipinski definition) is 7. The maximum Gasteiger partial charge on any atom is 0.407 e. The second-order valence-electron chi connectivity index (χ2n) is 10.4. The Labute approximate surface area is 227 Å². The molecule has 2 fully saturated rings. The molecule has 4 heterocycles. The number of aromatic nitrogens is 2. The Morgan fingerprint density at radius 1 is 1.03 bits per heavy atom. The third kappa shape index (κ3) is 5.66. The third-order valence-corrected chi connectivity index (χ3v) is 7.98. The summed E-state index contributed by atoms with van der Waals surface area (Å²) in [5, 5.41) is 10.5. The highest BCUT2D eigenvalue weighted by Gasteiger charge is 2.28. The highest BCUT2D eigenvalue weighted by atomic mass is 16.5. The van der Waals surface area contributed by atoms with Crippen molar-refractivity contribution >= 4 is 16.9 Å². The molecule has 0 unspecified atom stereocenters. The highest BCUT2D eigenvalue weighted by Crippen LogP contribution is 2.43. The summed E-state index contributed by atoms with van der Waals surface area (Å²) in [5.41, 5.74) is 1.63. The lowest BCUT2D eigenvalue weighted by atomic mass is 9.95. The van der Waals surface area contributed by atoms with Crippen molar-refractivity contribution in [1.29, 1.82) is 0 Å². The van der Waals surface area contributed by atoms with Crippen molar-refractivity contribution in [3.63, 3.8) is 0 Å². The van der Waals surface area contributed by atoms with Gasteiger partial charge in [0.05, 0.1) is 19.6 Å². The summed E-state index contributed by atoms with van der Waals surface area (Å²) < 4.78 is 19.6. The second kappa shape index (κ2) is 11.5. The summed E-state index contributed by atoms with van der Waals surface area (Å²) >= 11 is 0. The van der Waals surface area contributed by atoms with Gasteiger partial charge in [-0.2, -0.15) is 0 Å². The molecule has 39 heavy (non-hydrogen) atoms. The number of carbonyl (C=O) groups is 1. The lowest BCUT2D eigenvalue weighted by Crippen LogP contribution is -2.44. The van der Waals surface area contributed by atoms with E-state index in [9.17, 15) is 14.7 Å². The monoisotopic (exact) mass is 536 g/mol. The van der Waals surface area contributed by atoms with Gasteiger partial charge in [0.15, 0.2) is 11.5 Å². The molecule has 0 atom stereocenters. The van der Waals surface area contributed by atoms with E-state index in [0.29, 0.717) is 41.6 Å². The molecule has 5 rings (SSSR count). The number of rotatable bonds is 7. The standard InChI is InChI=1S/C29H36N4O6/c1-31-18-24(22-4-9-30-16-23(22)28(31)34)20-14-25(37-2)27(26(15-20)38-3)39-21-7-10-32(11-8-21)17-19-5-12-33(13-6-19)29(35)36/h4,9,14-16,18-19,21H,5-8,10-13,17H2,1-3H3,(H,35,36). The van der Waals surface area contributed by atoms with E-state index in [1.165, 1.54) is 4.90 Å². The Morgan fingerprint density at radius 2 is 1.69 bits per heavy atom. The molecule has 0 bridgehead atoms. The number of hydrogen-bond donors (Lipinski definition) is 1. The number of methoxy groups -OCH3 is 2. The van der Waals surface area contributed by atoms with Gasteiger partial charge in [-0.3, -0.25) is 9.78 Å². The number of benzene rings is 1. The molecule has 3 aromatic rings. The van der Waals surface area contributed by atoms with Crippen molar-refractivity contribution in [1.82, 2.24) is 19.4 Å². The number of amides is 1. The number of ether oxygens (including phenoxy) is 3. The van der Waals surface area contributed by atoms with Crippen LogP contribution in [0, 0.1) is 5.92 Å². The zero-order valence-electron chi connectivity index (χ0n) is 22.8. The first-order valence-electron chi connectivity index (χ1n) is 13.4. The van der Waals surface area contributed by atoms with Crippen LogP contribution in [0.2, 0.25) is 0 Å². The van der Waals surface area contributed by atoms with Gasteiger partial charge in [-0.05, 0) is 60.7 Å². The van der Waals surface area contributed by atoms with Crippen LogP contribution in [0.25, 0.3) is 21.9 Å². The number of pyridine rings is 2. The van der Waals surface area contributed by atoms with E-state index < -0.39 is 6.09 Å². The van der Waals surface area contributed by atoms with Gasteiger partial charge in [-0.1, -0.05) is 0 Å². The van der Waals surface area contributed by atoms with Crippen molar-refractivity contribution in [2.75, 3.05) is 46.9 Å². The molecular formula is C29H36N4O6. The van der Waals surface area contributed by atoms with E-state index in [4.69, 9.17) is 14.2 Å². The van der Waals surface area contributed by atoms with Crippen LogP contribution in [0.4, 0.5) is 4.79 Å². The first-order chi connectivity index (χ1) is 18.9. The Balaban J connectivity index is 1.29. The molecule has 2 saturated heterocycles. The van der Waals surface area contributed by atoms with Crippen LogP contribution in [-0.2, 0) is 7.05 Å². The summed E-state index contributed by atoms with van der Waals surface area (Å²) in [4.78, 5) is 31.9. The quantitative estimate of drug-likeness (QED) is 0.485. The van der Waals surface area contributed by atoms with Crippen molar-refractivity contribution in [3.8, 4) is 28.4 Å². The number of likely N-dealkylation sites (tertiary alicyclic amines) is 2. The minimum atomic E-state index is -0.815. The normalized spacial score (nSPS) is 17.4. The van der Waals surface area contributed by atoms with Gasteiger partial charge in [0, 0.05) is 63.9 Å². The molecular weight excluding hydrogens is 500 g/mol. The van der Waals surface area contributed by atoms with Crippen molar-refractivity contribution < 1.29 is 24.1 Å². The molecule has 208 valence electrons. The average molecular weight is 537 g/mol. The Morgan fingerprint density at radius 3 is 2.31 bits per heavy atom. The lowest BCUT2D eigenvalue weighted by molar-refractivity contribution is 0.0735. The van der Waals surface area contributed by atoms with Gasteiger partial charge in [0.1, 0.15) is 6.10 Å². The first-order valence-corrected chi connectivity index (χ1v) is 13.4. The van der Waals surface area contributed by atoms with E-state index >= 15 is 0 Å². The molecule has 0 radical (unpaired) electrons. The molecule has 2 aliphatic rings. The van der Waals surface area contributed by atoms with Crippen LogP contribution in [0.15, 0.2) is 41.6 Å². The molecule has 0 aliphatic carbocycles. The fraction of sp³-hybridized carbons (Fsp3) is 0.483. The fourth-order valence-corrected chi connectivity index (χ4v) is 5.74. The van der Waals surface area contributed by atoms with Crippen LogP contribution >= 0.6 is 0 Å². The summed E-state index contributed by atoms with van der Waals surface area (Å²) in [6, 6.07) is 5.70. The third-order valence-electron chi connectivity index (χ3n) is 7.98. The minimum Gasteiger partial charge on any atom is -0.493 e. The highest BCUT2D eigenvalue weighted by molar-refractivity contribution is 5.96. The predicted molar refractivity (Wildman–Crippen MR) is 148 cm³/mol. The smallest absolute Gasteiger partial charge is 0.407 e. The summed E-state index contributed by atoms with van der Waals surface area (Å²) in [6.07, 6.45) is 7.94. The first kappa shape index (κ1) is 26.8. The largest absolute Gasteiger partial charge is 0.493 e. The van der Waals surface area contributed by atoms with Crippen LogP contribution in [0.5, 0.6) is 17.2 Å². The van der Waals surface area contributed by atoms with E-state index in [2.05, 4.69) is 9.88 Å². The van der Waals surface area contributed by atoms with Crippen LogP contribution in [0.3, 0.4) is 0 Å². The van der Waals surface area contributed by atoms with Gasteiger partial charge in [0.2, 0.25) is 5.75 Å². The van der Waals surface area contributed by atoms with Crippen molar-refractivity contribution in [3.05, 3.63) is 47.1 Å². The second-order valence-corrected chi connectivity index (χ2v) is 10.4. The maximum atomic E-state index is 12.6. The number of piperidine rings is 2. The summed E-state index contributed by atoms with van der Waals surface area (Å²) in [5.74, 6) is 2.27. The van der Waals surface area contributed by atoms with Gasteiger partial charge in [-0.25, -0.2) is 4.79 Å². The van der Waals surface area contributed by atoms with E-state index in [-0.39, 0.29) is 11.7 Å². The van der Waals surface area contributed by atoms with Crippen molar-refractivity contribution in [2.45, 2.75) is 31.8 Å². The zero-order valence-corrected chi connectivity index (χ0v) is 22.8. The van der Waals surface area contributed by atoms with Gasteiger partial charge in [-0.15, -0.1) is 0 Å². The van der Waals surface area contributed by atoms with Crippen LogP contribution in [-0.4, -0.2) is 83.6 Å².